The van der Waals surface area contributed by atoms with Crippen LogP contribution in [-0.2, 0) is 14.3 Å². The van der Waals surface area contributed by atoms with Crippen LogP contribution in [0.3, 0.4) is 0 Å². The second kappa shape index (κ2) is 23.3. The molecule has 5 nitrogen and oxygen atoms in total. The minimum Gasteiger partial charge on any atom is -0.464 e. The molecule has 0 radical (unpaired) electrons. The van der Waals surface area contributed by atoms with Crippen LogP contribution in [0.4, 0.5) is 0 Å². The standard InChI is InChI=1S/C26H50N2O3/c1-3-5-6-7-8-9-10-11-12-13-14-15-16-17-18-22-25(29)28-24(21-19-20-23-27)26(30)31-4-2/h11-12,24H,3-10,13-23,27H2,1-2H3,(H,28,29)/t24-/m0/s1. The summed E-state index contributed by atoms with van der Waals surface area (Å²) in [6.07, 6.45) is 23.5. The van der Waals surface area contributed by atoms with Crippen molar-refractivity contribution in [3.8, 4) is 0 Å². The van der Waals surface area contributed by atoms with Crippen molar-refractivity contribution in [2.45, 2.75) is 129 Å². The average Bonchev–Trinajstić information content (AvgIpc) is 2.76. The number of unbranched alkanes of at least 4 members (excludes halogenated alkanes) is 12. The Bertz CT molecular complexity index is 452. The summed E-state index contributed by atoms with van der Waals surface area (Å²) in [4.78, 5) is 24.2. The quantitative estimate of drug-likeness (QED) is 0.120. The first kappa shape index (κ1) is 29.6. The van der Waals surface area contributed by atoms with Crippen LogP contribution >= 0.6 is 0 Å². The normalized spacial score (nSPS) is 12.2. The fourth-order valence-electron chi connectivity index (χ4n) is 3.61. The van der Waals surface area contributed by atoms with E-state index in [2.05, 4.69) is 24.4 Å². The molecule has 0 spiro atoms. The molecule has 0 aliphatic heterocycles. The van der Waals surface area contributed by atoms with E-state index in [0.29, 0.717) is 26.0 Å². The summed E-state index contributed by atoms with van der Waals surface area (Å²) in [6.45, 7) is 4.96. The van der Waals surface area contributed by atoms with Crippen LogP contribution in [-0.4, -0.2) is 31.1 Å². The summed E-state index contributed by atoms with van der Waals surface area (Å²) in [6, 6.07) is -0.540. The zero-order valence-electron chi connectivity index (χ0n) is 20.5. The van der Waals surface area contributed by atoms with Crippen LogP contribution in [0.5, 0.6) is 0 Å². The lowest BCUT2D eigenvalue weighted by molar-refractivity contribution is -0.147. The summed E-state index contributed by atoms with van der Waals surface area (Å²) < 4.78 is 5.08. The number of nitrogens with two attached hydrogens (primary N) is 1. The molecular formula is C26H50N2O3. The highest BCUT2D eigenvalue weighted by Crippen LogP contribution is 2.10. The molecular weight excluding hydrogens is 388 g/mol. The van der Waals surface area contributed by atoms with Crippen LogP contribution in [0.25, 0.3) is 0 Å². The van der Waals surface area contributed by atoms with Gasteiger partial charge in [0.1, 0.15) is 6.04 Å². The molecule has 0 aromatic carbocycles. The fraction of sp³-hybridized carbons (Fsp3) is 0.846. The lowest BCUT2D eigenvalue weighted by Gasteiger charge is -2.17. The molecule has 1 amide bonds. The molecule has 31 heavy (non-hydrogen) atoms. The second-order valence-electron chi connectivity index (χ2n) is 8.49. The average molecular weight is 439 g/mol. The predicted octanol–water partition coefficient (Wildman–Crippen LogP) is 6.20. The van der Waals surface area contributed by atoms with E-state index in [-0.39, 0.29) is 11.9 Å². The first-order valence-corrected chi connectivity index (χ1v) is 13.0. The van der Waals surface area contributed by atoms with Gasteiger partial charge in [0, 0.05) is 6.42 Å². The Kier molecular flexibility index (Phi) is 22.3. The van der Waals surface area contributed by atoms with Gasteiger partial charge in [0.15, 0.2) is 0 Å². The Morgan fingerprint density at radius 3 is 1.97 bits per heavy atom. The fourth-order valence-corrected chi connectivity index (χ4v) is 3.61. The lowest BCUT2D eigenvalue weighted by atomic mass is 10.1. The molecule has 0 aliphatic carbocycles. The van der Waals surface area contributed by atoms with Gasteiger partial charge in [-0.15, -0.1) is 0 Å². The number of carbonyl (C=O) groups is 2. The van der Waals surface area contributed by atoms with Gasteiger partial charge in [-0.25, -0.2) is 4.79 Å². The molecule has 0 unspecified atom stereocenters. The Hall–Kier alpha value is -1.36. The molecule has 1 atom stereocenters. The smallest absolute Gasteiger partial charge is 0.328 e. The number of hydrogen-bond acceptors (Lipinski definition) is 4. The summed E-state index contributed by atoms with van der Waals surface area (Å²) in [5, 5.41) is 2.85. The molecule has 0 fully saturated rings. The van der Waals surface area contributed by atoms with E-state index in [0.717, 1.165) is 32.1 Å². The molecule has 182 valence electrons. The van der Waals surface area contributed by atoms with E-state index in [1.807, 2.05) is 0 Å². The van der Waals surface area contributed by atoms with Crippen LogP contribution in [0.2, 0.25) is 0 Å². The van der Waals surface area contributed by atoms with Gasteiger partial charge < -0.3 is 15.8 Å². The third kappa shape index (κ3) is 20.3. The van der Waals surface area contributed by atoms with Crippen LogP contribution in [0.15, 0.2) is 12.2 Å². The van der Waals surface area contributed by atoms with Crippen molar-refractivity contribution in [1.29, 1.82) is 0 Å². The number of esters is 1. The zero-order chi connectivity index (χ0) is 23.0. The van der Waals surface area contributed by atoms with Crippen molar-refractivity contribution >= 4 is 11.9 Å². The highest BCUT2D eigenvalue weighted by Gasteiger charge is 2.21. The third-order valence-electron chi connectivity index (χ3n) is 5.52. The van der Waals surface area contributed by atoms with Gasteiger partial charge in [-0.3, -0.25) is 4.79 Å². The first-order chi connectivity index (χ1) is 15.2. The largest absolute Gasteiger partial charge is 0.464 e. The predicted molar refractivity (Wildman–Crippen MR) is 131 cm³/mol. The van der Waals surface area contributed by atoms with Gasteiger partial charge in [0.2, 0.25) is 5.91 Å². The minimum absolute atomic E-state index is 0.0524. The highest BCUT2D eigenvalue weighted by molar-refractivity contribution is 5.84. The molecule has 0 rings (SSSR count). The monoisotopic (exact) mass is 438 g/mol. The Morgan fingerprint density at radius 1 is 0.806 bits per heavy atom. The number of amides is 1. The van der Waals surface area contributed by atoms with Gasteiger partial charge in [0.05, 0.1) is 6.61 Å². The van der Waals surface area contributed by atoms with Crippen LogP contribution < -0.4 is 11.1 Å². The van der Waals surface area contributed by atoms with E-state index in [1.165, 1.54) is 64.2 Å². The van der Waals surface area contributed by atoms with E-state index in [4.69, 9.17) is 10.5 Å². The summed E-state index contributed by atoms with van der Waals surface area (Å²) >= 11 is 0. The van der Waals surface area contributed by atoms with Crippen LogP contribution in [0.1, 0.15) is 123 Å². The Labute approximate surface area is 191 Å². The van der Waals surface area contributed by atoms with E-state index in [9.17, 15) is 9.59 Å². The maximum atomic E-state index is 12.2. The molecule has 5 heteroatoms. The number of allylic oxidation sites excluding steroid dienone is 2. The van der Waals surface area contributed by atoms with E-state index in [1.54, 1.807) is 6.92 Å². The number of hydrogen-bond donors (Lipinski definition) is 2. The van der Waals surface area contributed by atoms with Gasteiger partial charge in [-0.1, -0.05) is 70.4 Å². The van der Waals surface area contributed by atoms with Gasteiger partial charge in [-0.05, 0) is 64.8 Å². The van der Waals surface area contributed by atoms with Gasteiger partial charge >= 0.3 is 5.97 Å². The van der Waals surface area contributed by atoms with Crippen molar-refractivity contribution in [2.24, 2.45) is 5.73 Å². The highest BCUT2D eigenvalue weighted by atomic mass is 16.5. The van der Waals surface area contributed by atoms with Gasteiger partial charge in [-0.2, -0.15) is 0 Å². The van der Waals surface area contributed by atoms with E-state index < -0.39 is 6.04 Å². The SMILES string of the molecule is CCCCCCCCC=CCCCCCCCC(=O)N[C@@H](CCCCN)C(=O)OCC. The van der Waals surface area contributed by atoms with E-state index >= 15 is 0 Å². The maximum Gasteiger partial charge on any atom is 0.328 e. The molecule has 0 heterocycles. The number of carbonyl (C=O) groups excluding carboxylic acids is 2. The second-order valence-corrected chi connectivity index (χ2v) is 8.49. The summed E-state index contributed by atoms with van der Waals surface area (Å²) in [5.41, 5.74) is 5.51. The molecule has 0 bridgehead atoms. The molecule has 0 aliphatic rings. The maximum absolute atomic E-state index is 12.2. The molecule has 0 aromatic heterocycles. The molecule has 0 saturated heterocycles. The lowest BCUT2D eigenvalue weighted by Crippen LogP contribution is -2.41. The van der Waals surface area contributed by atoms with Crippen molar-refractivity contribution in [3.63, 3.8) is 0 Å². The molecule has 3 N–H and O–H groups in total. The molecule has 0 saturated carbocycles. The number of rotatable bonds is 22. The molecule has 0 aromatic rings. The van der Waals surface area contributed by atoms with Crippen molar-refractivity contribution < 1.29 is 14.3 Å². The first-order valence-electron chi connectivity index (χ1n) is 13.0. The van der Waals surface area contributed by atoms with Crippen molar-refractivity contribution in [3.05, 3.63) is 12.2 Å². The zero-order valence-corrected chi connectivity index (χ0v) is 20.5. The summed E-state index contributed by atoms with van der Waals surface area (Å²) in [7, 11) is 0. The van der Waals surface area contributed by atoms with Gasteiger partial charge in [0.25, 0.3) is 0 Å². The topological polar surface area (TPSA) is 81.4 Å². The van der Waals surface area contributed by atoms with Crippen molar-refractivity contribution in [1.82, 2.24) is 5.32 Å². The summed E-state index contributed by atoms with van der Waals surface area (Å²) in [5.74, 6) is -0.388. The third-order valence-corrected chi connectivity index (χ3v) is 5.52. The van der Waals surface area contributed by atoms with Crippen molar-refractivity contribution in [2.75, 3.05) is 13.2 Å². The minimum atomic E-state index is -0.540. The van der Waals surface area contributed by atoms with Crippen LogP contribution in [0, 0.1) is 0 Å². The number of nitrogens with one attached hydrogen (secondary N) is 1. The Morgan fingerprint density at radius 2 is 1.39 bits per heavy atom. The number of ether oxygens (including phenoxy) is 1. The Balaban J connectivity index is 3.68.